The average molecular weight is 632 g/mol. The molecule has 1 heterocycles. The average Bonchev–Trinajstić information content (AvgIpc) is 3.34. The van der Waals surface area contributed by atoms with Crippen LogP contribution in [-0.2, 0) is 16.5 Å². The molecule has 0 saturated heterocycles. The van der Waals surface area contributed by atoms with Crippen molar-refractivity contribution in [1.82, 2.24) is 14.7 Å². The molecule has 4 saturated carbocycles. The molecular weight excluding hydrogens is 601 g/mol. The second-order valence-electron chi connectivity index (χ2n) is 12.9. The summed E-state index contributed by atoms with van der Waals surface area (Å²) in [5.41, 5.74) is -4.11. The van der Waals surface area contributed by atoms with Gasteiger partial charge in [0, 0.05) is 6.54 Å². The van der Waals surface area contributed by atoms with Gasteiger partial charge in [-0.15, -0.1) is 0 Å². The third-order valence-corrected chi connectivity index (χ3v) is 10.0. The molecule has 1 aromatic carbocycles. The van der Waals surface area contributed by atoms with Crippen LogP contribution in [0.4, 0.5) is 17.6 Å². The van der Waals surface area contributed by atoms with Crippen LogP contribution in [-0.4, -0.2) is 50.5 Å². The Bertz CT molecular complexity index is 1400. The molecular formula is C29H31Cl2F4N3O4. The van der Waals surface area contributed by atoms with E-state index in [-0.39, 0.29) is 72.0 Å². The second kappa shape index (κ2) is 10.5. The van der Waals surface area contributed by atoms with Gasteiger partial charge < -0.3 is 10.0 Å². The van der Waals surface area contributed by atoms with E-state index in [4.69, 9.17) is 23.2 Å². The molecule has 2 bridgehead atoms. The quantitative estimate of drug-likeness (QED) is 0.245. The van der Waals surface area contributed by atoms with Gasteiger partial charge in [-0.2, -0.15) is 18.3 Å². The zero-order chi connectivity index (χ0) is 30.8. The molecule has 228 valence electrons. The fraction of sp³-hybridized carbons (Fsp3) is 0.586. The van der Waals surface area contributed by atoms with Crippen molar-refractivity contribution in [1.29, 1.82) is 0 Å². The lowest BCUT2D eigenvalue weighted by Gasteiger charge is -2.51. The van der Waals surface area contributed by atoms with E-state index in [1.807, 2.05) is 13.8 Å². The zero-order valence-corrected chi connectivity index (χ0v) is 24.7. The highest BCUT2D eigenvalue weighted by Gasteiger charge is 2.56. The highest BCUT2D eigenvalue weighted by Crippen LogP contribution is 2.57. The number of amides is 1. The van der Waals surface area contributed by atoms with Crippen molar-refractivity contribution in [3.63, 3.8) is 0 Å². The number of aromatic nitrogens is 2. The molecule has 1 N–H and O–H groups in total. The maximum Gasteiger partial charge on any atom is 0.433 e. The Morgan fingerprint density at radius 3 is 2.07 bits per heavy atom. The summed E-state index contributed by atoms with van der Waals surface area (Å²) >= 11 is 12.2. The normalized spacial score (nSPS) is 25.2. The molecule has 7 nitrogen and oxygen atoms in total. The Labute approximate surface area is 250 Å². The molecule has 0 spiro atoms. The summed E-state index contributed by atoms with van der Waals surface area (Å²) in [5.74, 6) is -3.49. The molecule has 1 amide bonds. The maximum absolute atomic E-state index is 14.7. The predicted octanol–water partition coefficient (Wildman–Crippen LogP) is 7.24. The molecule has 6 rings (SSSR count). The van der Waals surface area contributed by atoms with Crippen LogP contribution in [0, 0.1) is 22.6 Å². The van der Waals surface area contributed by atoms with Crippen molar-refractivity contribution in [2.24, 2.45) is 16.7 Å². The fourth-order valence-corrected chi connectivity index (χ4v) is 8.01. The Morgan fingerprint density at radius 1 is 1.05 bits per heavy atom. The third-order valence-electron chi connectivity index (χ3n) is 9.45. The van der Waals surface area contributed by atoms with Crippen LogP contribution in [0.1, 0.15) is 91.6 Å². The number of rotatable bonds is 8. The van der Waals surface area contributed by atoms with E-state index in [1.165, 1.54) is 0 Å². The van der Waals surface area contributed by atoms with E-state index in [0.717, 1.165) is 27.9 Å². The number of benzene rings is 1. The number of aliphatic carboxylic acids is 1. The van der Waals surface area contributed by atoms with E-state index in [1.54, 1.807) is 0 Å². The van der Waals surface area contributed by atoms with Gasteiger partial charge in [0.25, 0.3) is 5.91 Å². The van der Waals surface area contributed by atoms with E-state index < -0.39 is 58.4 Å². The number of Topliss-reactive ketones (excluding diaryl/α,β-unsaturated/α-hetero) is 1. The highest BCUT2D eigenvalue weighted by atomic mass is 35.5. The molecule has 4 aliphatic carbocycles. The van der Waals surface area contributed by atoms with Crippen LogP contribution >= 0.6 is 23.2 Å². The number of carbonyl (C=O) groups is 3. The lowest BCUT2D eigenvalue weighted by molar-refractivity contribution is -0.163. The number of hydrogen-bond acceptors (Lipinski definition) is 4. The molecule has 2 aromatic rings. The predicted molar refractivity (Wildman–Crippen MR) is 146 cm³/mol. The van der Waals surface area contributed by atoms with Crippen molar-refractivity contribution in [2.75, 3.05) is 13.1 Å². The van der Waals surface area contributed by atoms with Gasteiger partial charge in [0.2, 0.25) is 0 Å². The van der Waals surface area contributed by atoms with Gasteiger partial charge in [-0.3, -0.25) is 19.1 Å². The van der Waals surface area contributed by atoms with Crippen LogP contribution in [0.25, 0.3) is 0 Å². The number of ketones is 1. The smallest absolute Gasteiger partial charge is 0.433 e. The minimum Gasteiger partial charge on any atom is -0.481 e. The maximum atomic E-state index is 14.7. The van der Waals surface area contributed by atoms with Gasteiger partial charge in [-0.25, -0.2) is 4.39 Å². The van der Waals surface area contributed by atoms with E-state index in [9.17, 15) is 37.1 Å². The first-order valence-electron chi connectivity index (χ1n) is 13.8. The first-order valence-corrected chi connectivity index (χ1v) is 14.6. The van der Waals surface area contributed by atoms with E-state index in [0.29, 0.717) is 12.8 Å². The minimum atomic E-state index is -4.95. The first kappa shape index (κ1) is 30.8. The first-order chi connectivity index (χ1) is 19.5. The second-order valence-corrected chi connectivity index (χ2v) is 13.7. The van der Waals surface area contributed by atoms with Gasteiger partial charge in [-0.05, 0) is 74.8 Å². The van der Waals surface area contributed by atoms with Crippen molar-refractivity contribution in [3.8, 4) is 0 Å². The summed E-state index contributed by atoms with van der Waals surface area (Å²) in [7, 11) is 0. The lowest BCUT2D eigenvalue weighted by atomic mass is 9.57. The summed E-state index contributed by atoms with van der Waals surface area (Å²) in [6.07, 6.45) is -1.39. The monoisotopic (exact) mass is 631 g/mol. The molecule has 0 aliphatic heterocycles. The number of alkyl halides is 3. The number of carboxylic acid groups (broad SMARTS) is 1. The van der Waals surface area contributed by atoms with Gasteiger partial charge in [0.1, 0.15) is 5.82 Å². The fourth-order valence-electron chi connectivity index (χ4n) is 7.34. The van der Waals surface area contributed by atoms with E-state index in [2.05, 4.69) is 5.10 Å². The van der Waals surface area contributed by atoms with E-state index >= 15 is 0 Å². The number of carboxylic acids is 1. The largest absolute Gasteiger partial charge is 0.481 e. The standard InChI is InChI=1S/C29H31Cl2F4N3O4/c1-26(2)11-16(12-26)14-37(15-21(39)22-19(30)9-17(32)10-20(22)31)24(40)18-13-36-38(23(18)29(33,34)35)28-6-3-27(4-7-28,5-8-28)25(41)42/h9-10,13,16H,3-8,11-12,14-15H2,1-2H3,(H,41,42). The summed E-state index contributed by atoms with van der Waals surface area (Å²) in [6, 6.07) is 1.81. The molecule has 4 aliphatic rings. The number of fused-ring (bicyclic) bond motifs is 3. The molecule has 0 atom stereocenters. The molecule has 0 radical (unpaired) electrons. The Hall–Kier alpha value is -2.66. The lowest BCUT2D eigenvalue weighted by Crippen LogP contribution is -2.52. The topological polar surface area (TPSA) is 92.5 Å². The number of carbonyl (C=O) groups excluding carboxylic acids is 2. The van der Waals surface area contributed by atoms with Crippen molar-refractivity contribution in [2.45, 2.75) is 76.9 Å². The highest BCUT2D eigenvalue weighted by molar-refractivity contribution is 6.40. The van der Waals surface area contributed by atoms with Crippen molar-refractivity contribution in [3.05, 3.63) is 51.0 Å². The van der Waals surface area contributed by atoms with Gasteiger partial charge >= 0.3 is 12.1 Å². The molecule has 0 unspecified atom stereocenters. The zero-order valence-electron chi connectivity index (χ0n) is 23.2. The van der Waals surface area contributed by atoms with Crippen LogP contribution in [0.2, 0.25) is 10.0 Å². The number of nitrogens with zero attached hydrogens (tertiary/aromatic N) is 3. The van der Waals surface area contributed by atoms with Crippen molar-refractivity contribution < 1.29 is 37.1 Å². The van der Waals surface area contributed by atoms with Gasteiger partial charge in [0.05, 0.1) is 44.9 Å². The summed E-state index contributed by atoms with van der Waals surface area (Å²) in [5, 5.41) is 13.3. The minimum absolute atomic E-state index is 0.00127. The number of halogens is 6. The van der Waals surface area contributed by atoms with Crippen LogP contribution in [0.3, 0.4) is 0 Å². The summed E-state index contributed by atoms with van der Waals surface area (Å²) in [6.45, 7) is 3.49. The van der Waals surface area contributed by atoms with Crippen molar-refractivity contribution >= 4 is 40.9 Å². The summed E-state index contributed by atoms with van der Waals surface area (Å²) in [4.78, 5) is 40.1. The van der Waals surface area contributed by atoms with Crippen LogP contribution in [0.5, 0.6) is 0 Å². The Balaban J connectivity index is 1.49. The third kappa shape index (κ3) is 5.42. The molecule has 13 heteroatoms. The molecule has 42 heavy (non-hydrogen) atoms. The summed E-state index contributed by atoms with van der Waals surface area (Å²) < 4.78 is 58.7. The Kier molecular flexibility index (Phi) is 7.70. The van der Waals surface area contributed by atoms with Gasteiger partial charge in [-0.1, -0.05) is 37.0 Å². The SMILES string of the molecule is CC1(C)CC(CN(CC(=O)c2c(Cl)cc(F)cc2Cl)C(=O)c2cnn(C34CCC(C(=O)O)(CC3)CC4)c2C(F)(F)F)C1. The number of hydrogen-bond donors (Lipinski definition) is 1. The van der Waals surface area contributed by atoms with Crippen LogP contribution < -0.4 is 0 Å². The molecule has 1 aromatic heterocycles. The van der Waals surface area contributed by atoms with Crippen LogP contribution in [0.15, 0.2) is 18.3 Å². The van der Waals surface area contributed by atoms with Gasteiger partial charge in [0.15, 0.2) is 11.5 Å². The molecule has 4 fully saturated rings. The Morgan fingerprint density at radius 2 is 1.60 bits per heavy atom.